The van der Waals surface area contributed by atoms with Gasteiger partial charge in [0.2, 0.25) is 0 Å². The second-order valence-corrected chi connectivity index (χ2v) is 9.14. The molecule has 0 heterocycles. The summed E-state index contributed by atoms with van der Waals surface area (Å²) < 4.78 is 0. The van der Waals surface area contributed by atoms with Gasteiger partial charge in [0.15, 0.2) is 0 Å². The van der Waals surface area contributed by atoms with Gasteiger partial charge in [-0.2, -0.15) is 0 Å². The van der Waals surface area contributed by atoms with Gasteiger partial charge < -0.3 is 0 Å². The molecule has 0 bridgehead atoms. The molecule has 2 aliphatic carbocycles. The van der Waals surface area contributed by atoms with Crippen molar-refractivity contribution in [2.24, 2.45) is 5.92 Å². The van der Waals surface area contributed by atoms with Crippen molar-refractivity contribution in [3.05, 3.63) is 76.4 Å². The Morgan fingerprint density at radius 1 is 0.821 bits per heavy atom. The number of fused-ring (bicyclic) bond motifs is 1. The largest absolute Gasteiger partial charge is 0.0871 e. The highest BCUT2D eigenvalue weighted by atomic mass is 14.3. The third-order valence-corrected chi connectivity index (χ3v) is 7.24. The zero-order valence-electron chi connectivity index (χ0n) is 17.8. The Bertz CT molecular complexity index is 787. The van der Waals surface area contributed by atoms with Crippen LogP contribution < -0.4 is 0 Å². The highest BCUT2D eigenvalue weighted by Gasteiger charge is 2.23. The molecule has 0 spiro atoms. The zero-order valence-corrected chi connectivity index (χ0v) is 17.8. The maximum atomic E-state index is 2.45. The number of hydrogen-bond donors (Lipinski definition) is 0. The molecular formula is C28H36. The molecule has 1 atom stereocenters. The van der Waals surface area contributed by atoms with Gasteiger partial charge in [-0.05, 0) is 97.4 Å². The molecule has 148 valence electrons. The molecule has 0 nitrogen and oxygen atoms in total. The summed E-state index contributed by atoms with van der Waals surface area (Å²) in [4.78, 5) is 0. The maximum Gasteiger partial charge on any atom is -0.0118 e. The Labute approximate surface area is 172 Å². The first-order valence-electron chi connectivity index (χ1n) is 11.6. The lowest BCUT2D eigenvalue weighted by Gasteiger charge is -2.29. The van der Waals surface area contributed by atoms with Gasteiger partial charge in [0.25, 0.3) is 0 Å². The van der Waals surface area contributed by atoms with Crippen LogP contribution in [0.1, 0.15) is 98.4 Å². The number of hydrogen-bond acceptors (Lipinski definition) is 0. The smallest absolute Gasteiger partial charge is 0.0118 e. The van der Waals surface area contributed by atoms with Crippen molar-refractivity contribution in [1.82, 2.24) is 0 Å². The molecule has 0 N–H and O–H groups in total. The molecule has 1 saturated carbocycles. The Hall–Kier alpha value is -1.82. The quantitative estimate of drug-likeness (QED) is 0.498. The van der Waals surface area contributed by atoms with Gasteiger partial charge >= 0.3 is 0 Å². The van der Waals surface area contributed by atoms with E-state index < -0.39 is 0 Å². The summed E-state index contributed by atoms with van der Waals surface area (Å²) in [5, 5.41) is 0. The first-order valence-corrected chi connectivity index (χ1v) is 11.6. The molecule has 2 aromatic rings. The fraction of sp³-hybridized carbons (Fsp3) is 0.500. The van der Waals surface area contributed by atoms with Crippen LogP contribution in [0.3, 0.4) is 0 Å². The number of aryl methyl sites for hydroxylation is 1. The molecule has 0 amide bonds. The molecule has 2 aliphatic rings. The summed E-state index contributed by atoms with van der Waals surface area (Å²) in [6.07, 6.45) is 16.5. The van der Waals surface area contributed by atoms with E-state index in [9.17, 15) is 0 Å². The van der Waals surface area contributed by atoms with E-state index in [4.69, 9.17) is 0 Å². The van der Waals surface area contributed by atoms with E-state index in [2.05, 4.69) is 68.5 Å². The molecule has 0 aliphatic heterocycles. The monoisotopic (exact) mass is 372 g/mol. The van der Waals surface area contributed by atoms with Crippen molar-refractivity contribution >= 4 is 6.08 Å². The first kappa shape index (κ1) is 19.5. The third kappa shape index (κ3) is 4.43. The van der Waals surface area contributed by atoms with Crippen molar-refractivity contribution in [3.8, 4) is 0 Å². The standard InChI is InChI=1S/C28H36/c1-3-5-21-7-10-23(11-8-21)24-13-15-25(16-14-24)27-18-17-26-19-22(6-4-2)9-12-28(26)20-27/h4,6,9,12-16,19,21,23,27H,3,5,7-8,10-11,17-18,20H2,1-2H3/b6-4+. The maximum absolute atomic E-state index is 2.45. The Morgan fingerprint density at radius 2 is 1.54 bits per heavy atom. The Morgan fingerprint density at radius 3 is 2.21 bits per heavy atom. The van der Waals surface area contributed by atoms with Crippen molar-refractivity contribution in [2.45, 2.75) is 83.5 Å². The molecule has 0 radical (unpaired) electrons. The van der Waals surface area contributed by atoms with Crippen LogP contribution in [0.2, 0.25) is 0 Å². The molecule has 1 fully saturated rings. The minimum absolute atomic E-state index is 0.689. The molecule has 0 aromatic heterocycles. The van der Waals surface area contributed by atoms with Gasteiger partial charge in [-0.25, -0.2) is 0 Å². The van der Waals surface area contributed by atoms with E-state index >= 15 is 0 Å². The van der Waals surface area contributed by atoms with Gasteiger partial charge in [-0.15, -0.1) is 0 Å². The number of allylic oxidation sites excluding steroid dienone is 1. The van der Waals surface area contributed by atoms with Crippen LogP contribution >= 0.6 is 0 Å². The van der Waals surface area contributed by atoms with Gasteiger partial charge in [-0.1, -0.05) is 74.4 Å². The Balaban J connectivity index is 1.39. The minimum Gasteiger partial charge on any atom is -0.0871 e. The first-order chi connectivity index (χ1) is 13.8. The van der Waals surface area contributed by atoms with Crippen molar-refractivity contribution < 1.29 is 0 Å². The lowest BCUT2D eigenvalue weighted by atomic mass is 9.76. The van der Waals surface area contributed by atoms with Crippen LogP contribution in [-0.4, -0.2) is 0 Å². The van der Waals surface area contributed by atoms with E-state index in [1.807, 2.05) is 0 Å². The normalized spacial score (nSPS) is 25.0. The van der Waals surface area contributed by atoms with Crippen LogP contribution in [0.15, 0.2) is 48.5 Å². The number of rotatable bonds is 5. The van der Waals surface area contributed by atoms with E-state index in [1.165, 1.54) is 63.4 Å². The van der Waals surface area contributed by atoms with Crippen molar-refractivity contribution in [3.63, 3.8) is 0 Å². The summed E-state index contributed by atoms with van der Waals surface area (Å²) in [5.41, 5.74) is 7.60. The van der Waals surface area contributed by atoms with Gasteiger partial charge in [-0.3, -0.25) is 0 Å². The summed E-state index contributed by atoms with van der Waals surface area (Å²) in [7, 11) is 0. The molecule has 0 heteroatoms. The SMILES string of the molecule is C/C=C/c1ccc2c(c1)CCC(c1ccc(C3CCC(CCC)CC3)cc1)C2. The highest BCUT2D eigenvalue weighted by molar-refractivity contribution is 5.52. The van der Waals surface area contributed by atoms with E-state index in [-0.39, 0.29) is 0 Å². The minimum atomic E-state index is 0.689. The van der Waals surface area contributed by atoms with E-state index in [0.717, 1.165) is 11.8 Å². The molecule has 1 unspecified atom stereocenters. The van der Waals surface area contributed by atoms with E-state index in [0.29, 0.717) is 5.92 Å². The average molecular weight is 373 g/mol. The molecule has 0 saturated heterocycles. The topological polar surface area (TPSA) is 0 Å². The summed E-state index contributed by atoms with van der Waals surface area (Å²) in [6, 6.07) is 16.8. The van der Waals surface area contributed by atoms with Gasteiger partial charge in [0.05, 0.1) is 0 Å². The van der Waals surface area contributed by atoms with Crippen LogP contribution in [0, 0.1) is 5.92 Å². The second kappa shape index (κ2) is 9.12. The molecule has 4 rings (SSSR count). The lowest BCUT2D eigenvalue weighted by Crippen LogP contribution is -2.14. The fourth-order valence-electron chi connectivity index (χ4n) is 5.59. The second-order valence-electron chi connectivity index (χ2n) is 9.14. The Kier molecular flexibility index (Phi) is 6.35. The summed E-state index contributed by atoms with van der Waals surface area (Å²) >= 11 is 0. The zero-order chi connectivity index (χ0) is 19.3. The van der Waals surface area contributed by atoms with E-state index in [1.54, 1.807) is 22.3 Å². The predicted molar refractivity (Wildman–Crippen MR) is 122 cm³/mol. The number of benzene rings is 2. The molecule has 2 aromatic carbocycles. The summed E-state index contributed by atoms with van der Waals surface area (Å²) in [5.74, 6) is 2.49. The molecular weight excluding hydrogens is 336 g/mol. The van der Waals surface area contributed by atoms with Gasteiger partial charge in [0, 0.05) is 0 Å². The van der Waals surface area contributed by atoms with Gasteiger partial charge in [0.1, 0.15) is 0 Å². The summed E-state index contributed by atoms with van der Waals surface area (Å²) in [6.45, 7) is 4.42. The highest BCUT2D eigenvalue weighted by Crippen LogP contribution is 2.39. The van der Waals surface area contributed by atoms with Crippen LogP contribution in [0.25, 0.3) is 6.08 Å². The van der Waals surface area contributed by atoms with Crippen LogP contribution in [-0.2, 0) is 12.8 Å². The third-order valence-electron chi connectivity index (χ3n) is 7.24. The van der Waals surface area contributed by atoms with Crippen LogP contribution in [0.5, 0.6) is 0 Å². The van der Waals surface area contributed by atoms with Crippen LogP contribution in [0.4, 0.5) is 0 Å². The fourth-order valence-corrected chi connectivity index (χ4v) is 5.59. The molecule has 28 heavy (non-hydrogen) atoms. The predicted octanol–water partition coefficient (Wildman–Crippen LogP) is 8.07. The average Bonchev–Trinajstić information content (AvgIpc) is 2.75. The lowest BCUT2D eigenvalue weighted by molar-refractivity contribution is 0.308. The van der Waals surface area contributed by atoms with Crippen molar-refractivity contribution in [1.29, 1.82) is 0 Å². The van der Waals surface area contributed by atoms with Crippen molar-refractivity contribution in [2.75, 3.05) is 0 Å².